The Balaban J connectivity index is 2.35. The largest absolute Gasteiger partial charge is 0.409 e. The fourth-order valence-electron chi connectivity index (χ4n) is 1.58. The summed E-state index contributed by atoms with van der Waals surface area (Å²) in [5, 5.41) is 11.4. The molecule has 3 N–H and O–H groups in total. The van der Waals surface area contributed by atoms with Crippen molar-refractivity contribution in [2.45, 2.75) is 19.4 Å². The second kappa shape index (κ2) is 7.29. The smallest absolute Gasteiger partial charge is 0.139 e. The number of nitrogens with zero attached hydrogens (tertiary/aromatic N) is 2. The zero-order chi connectivity index (χ0) is 12.7. The van der Waals surface area contributed by atoms with Crippen molar-refractivity contribution in [3.8, 4) is 0 Å². The molecule has 0 radical (unpaired) electrons. The monoisotopic (exact) mass is 299 g/mol. The molecule has 94 valence electrons. The molecule has 0 spiro atoms. The zero-order valence-electron chi connectivity index (χ0n) is 9.93. The van der Waals surface area contributed by atoms with Gasteiger partial charge in [0.05, 0.1) is 0 Å². The van der Waals surface area contributed by atoms with Crippen molar-refractivity contribution in [2.24, 2.45) is 10.9 Å². The van der Waals surface area contributed by atoms with Gasteiger partial charge in [-0.2, -0.15) is 0 Å². The van der Waals surface area contributed by atoms with Gasteiger partial charge in [-0.3, -0.25) is 0 Å². The molecule has 1 aromatic rings. The SMILES string of the molecule is CN(CCC/C(N)=N/O)Cc1ccccc1Br. The van der Waals surface area contributed by atoms with Crippen LogP contribution in [-0.2, 0) is 6.54 Å². The van der Waals surface area contributed by atoms with Crippen LogP contribution in [0.25, 0.3) is 0 Å². The minimum atomic E-state index is 0.291. The normalized spacial score (nSPS) is 12.1. The Labute approximate surface area is 110 Å². The Morgan fingerprint density at radius 1 is 1.47 bits per heavy atom. The van der Waals surface area contributed by atoms with E-state index >= 15 is 0 Å². The highest BCUT2D eigenvalue weighted by Crippen LogP contribution is 2.17. The molecular formula is C12H18BrN3O. The zero-order valence-corrected chi connectivity index (χ0v) is 11.5. The van der Waals surface area contributed by atoms with Crippen LogP contribution in [0.3, 0.4) is 0 Å². The molecule has 0 atom stereocenters. The lowest BCUT2D eigenvalue weighted by atomic mass is 10.2. The van der Waals surface area contributed by atoms with Gasteiger partial charge in [-0.1, -0.05) is 39.3 Å². The maximum absolute atomic E-state index is 8.41. The van der Waals surface area contributed by atoms with Crippen molar-refractivity contribution < 1.29 is 5.21 Å². The van der Waals surface area contributed by atoms with E-state index in [1.54, 1.807) is 0 Å². The van der Waals surface area contributed by atoms with E-state index in [0.29, 0.717) is 12.3 Å². The number of oxime groups is 1. The van der Waals surface area contributed by atoms with Crippen LogP contribution in [0, 0.1) is 0 Å². The number of hydrogen-bond acceptors (Lipinski definition) is 3. The molecule has 0 bridgehead atoms. The van der Waals surface area contributed by atoms with Crippen molar-refractivity contribution >= 4 is 21.8 Å². The second-order valence-electron chi connectivity index (χ2n) is 4.02. The number of amidine groups is 1. The molecule has 0 heterocycles. The third-order valence-electron chi connectivity index (χ3n) is 2.50. The van der Waals surface area contributed by atoms with Gasteiger partial charge in [-0.25, -0.2) is 0 Å². The standard InChI is InChI=1S/C12H18BrN3O/c1-16(8-4-7-12(14)15-17)9-10-5-2-3-6-11(10)13/h2-3,5-6,17H,4,7-9H2,1H3,(H2,14,15). The molecule has 0 aliphatic carbocycles. The van der Waals surface area contributed by atoms with Crippen molar-refractivity contribution in [3.05, 3.63) is 34.3 Å². The van der Waals surface area contributed by atoms with Crippen molar-refractivity contribution in [1.29, 1.82) is 0 Å². The Morgan fingerprint density at radius 2 is 2.18 bits per heavy atom. The molecule has 17 heavy (non-hydrogen) atoms. The summed E-state index contributed by atoms with van der Waals surface area (Å²) in [6.45, 7) is 1.80. The quantitative estimate of drug-likeness (QED) is 0.367. The topological polar surface area (TPSA) is 61.8 Å². The molecule has 1 rings (SSSR count). The number of hydrogen-bond donors (Lipinski definition) is 2. The number of rotatable bonds is 6. The first-order valence-electron chi connectivity index (χ1n) is 5.52. The average molecular weight is 300 g/mol. The van der Waals surface area contributed by atoms with Crippen LogP contribution in [0.15, 0.2) is 33.9 Å². The highest BCUT2D eigenvalue weighted by Gasteiger charge is 2.03. The van der Waals surface area contributed by atoms with Gasteiger partial charge in [0.2, 0.25) is 0 Å². The minimum Gasteiger partial charge on any atom is -0.409 e. The minimum absolute atomic E-state index is 0.291. The van der Waals surface area contributed by atoms with E-state index in [2.05, 4.69) is 39.1 Å². The van der Waals surface area contributed by atoms with Gasteiger partial charge in [0.25, 0.3) is 0 Å². The van der Waals surface area contributed by atoms with Crippen molar-refractivity contribution in [3.63, 3.8) is 0 Å². The molecule has 0 fully saturated rings. The van der Waals surface area contributed by atoms with E-state index in [1.807, 2.05) is 18.2 Å². The van der Waals surface area contributed by atoms with Gasteiger partial charge in [0, 0.05) is 17.4 Å². The van der Waals surface area contributed by atoms with E-state index in [0.717, 1.165) is 24.0 Å². The Hall–Kier alpha value is -1.07. The second-order valence-corrected chi connectivity index (χ2v) is 4.88. The molecule has 0 saturated carbocycles. The third kappa shape index (κ3) is 5.19. The fourth-order valence-corrected chi connectivity index (χ4v) is 1.99. The summed E-state index contributed by atoms with van der Waals surface area (Å²) < 4.78 is 1.13. The number of halogens is 1. The van der Waals surface area contributed by atoms with Crippen LogP contribution in [0.2, 0.25) is 0 Å². The van der Waals surface area contributed by atoms with E-state index in [9.17, 15) is 0 Å². The lowest BCUT2D eigenvalue weighted by Crippen LogP contribution is -2.21. The van der Waals surface area contributed by atoms with Crippen molar-refractivity contribution in [2.75, 3.05) is 13.6 Å². The first-order chi connectivity index (χ1) is 8.13. The molecule has 0 amide bonds. The summed E-state index contributed by atoms with van der Waals surface area (Å²) in [5.74, 6) is 0.291. The Bertz CT molecular complexity index is 382. The first kappa shape index (κ1) is 14.0. The van der Waals surface area contributed by atoms with Crippen LogP contribution in [0.5, 0.6) is 0 Å². The Morgan fingerprint density at radius 3 is 2.82 bits per heavy atom. The summed E-state index contributed by atoms with van der Waals surface area (Å²) in [6, 6.07) is 8.18. The lowest BCUT2D eigenvalue weighted by molar-refractivity contribution is 0.310. The molecule has 0 unspecified atom stereocenters. The molecular weight excluding hydrogens is 282 g/mol. The van der Waals surface area contributed by atoms with E-state index < -0.39 is 0 Å². The predicted octanol–water partition coefficient (Wildman–Crippen LogP) is 2.41. The molecule has 0 aliphatic heterocycles. The van der Waals surface area contributed by atoms with Gasteiger partial charge in [0.15, 0.2) is 0 Å². The van der Waals surface area contributed by atoms with Crippen LogP contribution in [0.4, 0.5) is 0 Å². The Kier molecular flexibility index (Phi) is 6.00. The fraction of sp³-hybridized carbons (Fsp3) is 0.417. The van der Waals surface area contributed by atoms with Gasteiger partial charge < -0.3 is 15.8 Å². The summed E-state index contributed by atoms with van der Waals surface area (Å²) in [6.07, 6.45) is 1.51. The summed E-state index contributed by atoms with van der Waals surface area (Å²) in [5.41, 5.74) is 6.67. The third-order valence-corrected chi connectivity index (χ3v) is 3.27. The predicted molar refractivity (Wildman–Crippen MR) is 73.1 cm³/mol. The van der Waals surface area contributed by atoms with E-state index in [4.69, 9.17) is 10.9 Å². The number of benzene rings is 1. The highest BCUT2D eigenvalue weighted by molar-refractivity contribution is 9.10. The van der Waals surface area contributed by atoms with Gasteiger partial charge in [-0.05, 0) is 31.6 Å². The highest BCUT2D eigenvalue weighted by atomic mass is 79.9. The molecule has 0 aliphatic rings. The maximum Gasteiger partial charge on any atom is 0.139 e. The molecule has 0 saturated heterocycles. The van der Waals surface area contributed by atoms with Gasteiger partial charge >= 0.3 is 0 Å². The maximum atomic E-state index is 8.41. The van der Waals surface area contributed by atoms with Crippen LogP contribution >= 0.6 is 15.9 Å². The number of nitrogens with two attached hydrogens (primary N) is 1. The van der Waals surface area contributed by atoms with E-state index in [-0.39, 0.29) is 0 Å². The molecule has 1 aromatic carbocycles. The average Bonchev–Trinajstić information content (AvgIpc) is 2.32. The van der Waals surface area contributed by atoms with Gasteiger partial charge in [0.1, 0.15) is 5.84 Å². The van der Waals surface area contributed by atoms with Crippen molar-refractivity contribution in [1.82, 2.24) is 4.90 Å². The summed E-state index contributed by atoms with van der Waals surface area (Å²) in [7, 11) is 2.06. The molecule has 5 heteroatoms. The lowest BCUT2D eigenvalue weighted by Gasteiger charge is -2.17. The van der Waals surface area contributed by atoms with Crippen LogP contribution in [0.1, 0.15) is 18.4 Å². The van der Waals surface area contributed by atoms with Gasteiger partial charge in [-0.15, -0.1) is 0 Å². The molecule has 0 aromatic heterocycles. The van der Waals surface area contributed by atoms with E-state index in [1.165, 1.54) is 5.56 Å². The summed E-state index contributed by atoms with van der Waals surface area (Å²) >= 11 is 3.53. The molecule has 4 nitrogen and oxygen atoms in total. The summed E-state index contributed by atoms with van der Waals surface area (Å²) in [4.78, 5) is 2.21. The van der Waals surface area contributed by atoms with Crippen LogP contribution < -0.4 is 5.73 Å². The first-order valence-corrected chi connectivity index (χ1v) is 6.31. The van der Waals surface area contributed by atoms with Crippen LogP contribution in [-0.4, -0.2) is 29.5 Å².